The number of hydrogen-bond donors (Lipinski definition) is 9. The Morgan fingerprint density at radius 3 is 1.38 bits per heavy atom. The minimum absolute atomic E-state index is 0.251. The van der Waals surface area contributed by atoms with E-state index >= 15 is 0 Å². The molecule has 14 heteroatoms. The number of aliphatic hydroxyl groups is 8. The summed E-state index contributed by atoms with van der Waals surface area (Å²) in [6.07, 6.45) is 44.3. The molecular weight excluding hydrogens is 967 g/mol. The van der Waals surface area contributed by atoms with E-state index in [1.165, 1.54) is 154 Å². The Balaban J connectivity index is 1.65. The van der Waals surface area contributed by atoms with Crippen LogP contribution < -0.4 is 5.32 Å². The fourth-order valence-electron chi connectivity index (χ4n) is 9.73. The highest BCUT2D eigenvalue weighted by Crippen LogP contribution is 2.30. The molecule has 12 unspecified atom stereocenters. The quantitative estimate of drug-likeness (QED) is 0.0204. The summed E-state index contributed by atoms with van der Waals surface area (Å²) in [5.41, 5.74) is 0. The summed E-state index contributed by atoms with van der Waals surface area (Å²) in [6, 6.07) is -0.931. The molecule has 0 aromatic rings. The first-order valence-electron chi connectivity index (χ1n) is 30.5. The van der Waals surface area contributed by atoms with Crippen molar-refractivity contribution in [2.45, 2.75) is 306 Å². The van der Waals surface area contributed by atoms with Gasteiger partial charge in [-0.2, -0.15) is 0 Å². The zero-order valence-corrected chi connectivity index (χ0v) is 47.5. The molecule has 0 spiro atoms. The van der Waals surface area contributed by atoms with Crippen molar-refractivity contribution < 1.29 is 64.6 Å². The van der Waals surface area contributed by atoms with Crippen LogP contribution in [0.15, 0.2) is 60.8 Å². The average molecular weight is 1080 g/mol. The van der Waals surface area contributed by atoms with E-state index in [2.05, 4.69) is 67.8 Å². The molecule has 0 aromatic carbocycles. The van der Waals surface area contributed by atoms with Crippen LogP contribution >= 0.6 is 0 Å². The van der Waals surface area contributed by atoms with Gasteiger partial charge in [-0.15, -0.1) is 0 Å². The van der Waals surface area contributed by atoms with E-state index in [1.54, 1.807) is 6.08 Å². The van der Waals surface area contributed by atoms with E-state index in [9.17, 15) is 45.6 Å². The van der Waals surface area contributed by atoms with E-state index in [-0.39, 0.29) is 18.9 Å². The molecule has 12 atom stereocenters. The fourth-order valence-corrected chi connectivity index (χ4v) is 9.73. The summed E-state index contributed by atoms with van der Waals surface area (Å²) in [5.74, 6) is -0.251. The first-order chi connectivity index (χ1) is 37.1. The molecular formula is C62H111NO13. The molecule has 0 saturated carbocycles. The van der Waals surface area contributed by atoms with Gasteiger partial charge in [-0.3, -0.25) is 4.79 Å². The van der Waals surface area contributed by atoms with Gasteiger partial charge in [0, 0.05) is 6.42 Å². The Hall–Kier alpha value is -2.31. The molecule has 442 valence electrons. The molecule has 2 rings (SSSR count). The standard InChI is InChI=1S/C62H111NO13/c1-3-5-7-9-11-13-15-16-17-18-19-20-21-22-23-24-25-26-27-28-29-30-31-32-33-34-36-38-40-42-44-46-54(67)63-50(51(66)45-43-41-39-37-35-14-12-10-8-6-4-2)49-73-61-59(72)57(70)60(53(48-65)75-61)76-62-58(71)56(69)55(68)52(47-64)74-62/h15-16,18-19,21-22,35,37,43,45,50-53,55-62,64-66,68-72H,3-14,17,20,23-34,36,38-42,44,46-49H2,1-2H3,(H,63,67)/b16-15-,19-18-,22-21-,37-35+,45-43+. The first-order valence-corrected chi connectivity index (χ1v) is 30.5. The van der Waals surface area contributed by atoms with Gasteiger partial charge in [0.25, 0.3) is 0 Å². The molecule has 0 aromatic heterocycles. The number of ether oxygens (including phenoxy) is 4. The lowest BCUT2D eigenvalue weighted by molar-refractivity contribution is -0.359. The van der Waals surface area contributed by atoms with E-state index in [0.717, 1.165) is 44.9 Å². The van der Waals surface area contributed by atoms with Gasteiger partial charge in [-0.1, -0.05) is 216 Å². The van der Waals surface area contributed by atoms with Crippen LogP contribution in [0.1, 0.15) is 232 Å². The van der Waals surface area contributed by atoms with Crippen molar-refractivity contribution in [1.29, 1.82) is 0 Å². The monoisotopic (exact) mass is 1080 g/mol. The number of carbonyl (C=O) groups is 1. The summed E-state index contributed by atoms with van der Waals surface area (Å²) in [7, 11) is 0. The van der Waals surface area contributed by atoms with Gasteiger partial charge in [-0.05, 0) is 70.6 Å². The third kappa shape index (κ3) is 32.7. The lowest BCUT2D eigenvalue weighted by Gasteiger charge is -2.46. The van der Waals surface area contributed by atoms with E-state index in [4.69, 9.17) is 18.9 Å². The second kappa shape index (κ2) is 47.5. The van der Waals surface area contributed by atoms with Crippen molar-refractivity contribution in [2.75, 3.05) is 19.8 Å². The number of carbonyl (C=O) groups excluding carboxylic acids is 1. The maximum atomic E-state index is 13.2. The topological polar surface area (TPSA) is 228 Å². The SMILES string of the molecule is CCCCCCC/C=C\C/C=C\C/C=C\CCCCCCCCCCCCCCCCCCC(=O)NC(COC1OC(CO)C(OC2OC(CO)C(O)C(O)C2O)C(O)C1O)C(O)/C=C/CC/C=C/CCCCCCC. The predicted octanol–water partition coefficient (Wildman–Crippen LogP) is 10.6. The number of nitrogens with one attached hydrogen (secondary N) is 1. The van der Waals surface area contributed by atoms with Crippen LogP contribution in [0.25, 0.3) is 0 Å². The van der Waals surface area contributed by atoms with E-state index in [1.807, 2.05) is 6.08 Å². The summed E-state index contributed by atoms with van der Waals surface area (Å²) in [6.45, 7) is 2.73. The minimum Gasteiger partial charge on any atom is -0.394 e. The molecule has 2 heterocycles. The Morgan fingerprint density at radius 2 is 0.882 bits per heavy atom. The largest absolute Gasteiger partial charge is 0.394 e. The molecule has 0 bridgehead atoms. The van der Waals surface area contributed by atoms with E-state index in [0.29, 0.717) is 12.8 Å². The first kappa shape index (κ1) is 69.8. The van der Waals surface area contributed by atoms with Crippen LogP contribution in [-0.4, -0.2) is 140 Å². The number of unbranched alkanes of at least 4 members (excludes halogenated alkanes) is 27. The molecule has 0 radical (unpaired) electrons. The molecule has 1 amide bonds. The highest BCUT2D eigenvalue weighted by molar-refractivity contribution is 5.76. The normalized spacial score (nSPS) is 25.3. The van der Waals surface area contributed by atoms with Gasteiger partial charge in [0.1, 0.15) is 48.8 Å². The third-order valence-electron chi connectivity index (χ3n) is 14.7. The number of allylic oxidation sites excluding steroid dienone is 9. The molecule has 9 N–H and O–H groups in total. The maximum absolute atomic E-state index is 13.2. The number of aliphatic hydroxyl groups excluding tert-OH is 8. The number of rotatable bonds is 48. The van der Waals surface area contributed by atoms with Crippen LogP contribution in [-0.2, 0) is 23.7 Å². The molecule has 76 heavy (non-hydrogen) atoms. The highest BCUT2D eigenvalue weighted by Gasteiger charge is 2.51. The van der Waals surface area contributed by atoms with Crippen molar-refractivity contribution in [1.82, 2.24) is 5.32 Å². The second-order valence-electron chi connectivity index (χ2n) is 21.5. The van der Waals surface area contributed by atoms with Crippen molar-refractivity contribution >= 4 is 5.91 Å². The zero-order valence-electron chi connectivity index (χ0n) is 47.5. The maximum Gasteiger partial charge on any atom is 0.220 e. The van der Waals surface area contributed by atoms with Crippen molar-refractivity contribution in [3.05, 3.63) is 60.8 Å². The fraction of sp³-hybridized carbons (Fsp3) is 0.823. The Bertz CT molecular complexity index is 1510. The summed E-state index contributed by atoms with van der Waals surface area (Å²) in [5, 5.41) is 86.9. The van der Waals surface area contributed by atoms with Crippen LogP contribution in [0, 0.1) is 0 Å². The lowest BCUT2D eigenvalue weighted by atomic mass is 9.97. The Morgan fingerprint density at radius 1 is 0.474 bits per heavy atom. The number of hydrogen-bond acceptors (Lipinski definition) is 13. The molecule has 2 fully saturated rings. The summed E-state index contributed by atoms with van der Waals surface area (Å²) in [4.78, 5) is 13.2. The Labute approximate surface area is 460 Å². The average Bonchev–Trinajstić information content (AvgIpc) is 3.42. The number of amides is 1. The van der Waals surface area contributed by atoms with Crippen LogP contribution in [0.3, 0.4) is 0 Å². The van der Waals surface area contributed by atoms with Gasteiger partial charge in [0.2, 0.25) is 5.91 Å². The predicted molar refractivity (Wildman–Crippen MR) is 304 cm³/mol. The van der Waals surface area contributed by atoms with Gasteiger partial charge < -0.3 is 65.1 Å². The third-order valence-corrected chi connectivity index (χ3v) is 14.7. The zero-order chi connectivity index (χ0) is 55.3. The molecule has 2 aliphatic rings. The Kier molecular flexibility index (Phi) is 43.6. The minimum atomic E-state index is -1.79. The smallest absolute Gasteiger partial charge is 0.220 e. The highest BCUT2D eigenvalue weighted by atomic mass is 16.7. The van der Waals surface area contributed by atoms with Gasteiger partial charge >= 0.3 is 0 Å². The summed E-state index contributed by atoms with van der Waals surface area (Å²) < 4.78 is 22.7. The van der Waals surface area contributed by atoms with Crippen molar-refractivity contribution in [3.63, 3.8) is 0 Å². The molecule has 14 nitrogen and oxygen atoms in total. The van der Waals surface area contributed by atoms with Crippen molar-refractivity contribution in [3.8, 4) is 0 Å². The second-order valence-corrected chi connectivity index (χ2v) is 21.5. The van der Waals surface area contributed by atoms with Crippen LogP contribution in [0.4, 0.5) is 0 Å². The molecule has 2 aliphatic heterocycles. The molecule has 0 aliphatic carbocycles. The van der Waals surface area contributed by atoms with Crippen LogP contribution in [0.5, 0.6) is 0 Å². The summed E-state index contributed by atoms with van der Waals surface area (Å²) >= 11 is 0. The van der Waals surface area contributed by atoms with Crippen molar-refractivity contribution in [2.24, 2.45) is 0 Å². The van der Waals surface area contributed by atoms with Gasteiger partial charge in [0.15, 0.2) is 12.6 Å². The van der Waals surface area contributed by atoms with Crippen LogP contribution in [0.2, 0.25) is 0 Å². The lowest BCUT2D eigenvalue weighted by Crippen LogP contribution is -2.65. The van der Waals surface area contributed by atoms with Gasteiger partial charge in [-0.25, -0.2) is 0 Å². The van der Waals surface area contributed by atoms with E-state index < -0.39 is 86.8 Å². The molecule has 2 saturated heterocycles. The van der Waals surface area contributed by atoms with Gasteiger partial charge in [0.05, 0.1) is 32.0 Å².